The maximum Gasteiger partial charge on any atom is 0.119 e. The van der Waals surface area contributed by atoms with Gasteiger partial charge in [-0.1, -0.05) is 32.9 Å². The summed E-state index contributed by atoms with van der Waals surface area (Å²) in [5, 5.41) is 4.22. The first-order chi connectivity index (χ1) is 8.67. The van der Waals surface area contributed by atoms with E-state index in [1.807, 2.05) is 24.8 Å². The predicted molar refractivity (Wildman–Crippen MR) is 81.6 cm³/mol. The molecule has 1 atom stereocenters. The van der Waals surface area contributed by atoms with Gasteiger partial charge in [-0.25, -0.2) is 0 Å². The molecule has 0 aromatic heterocycles. The molecule has 1 aromatic rings. The maximum absolute atomic E-state index is 5.57. The normalized spacial score (nSPS) is 12.7. The molecule has 0 saturated heterocycles. The smallest absolute Gasteiger partial charge is 0.119 e. The minimum atomic E-state index is 0.405. The van der Waals surface area contributed by atoms with Crippen molar-refractivity contribution in [1.29, 1.82) is 0 Å². The second-order valence-corrected chi connectivity index (χ2v) is 6.11. The molecular formula is C15H25NOS. The van der Waals surface area contributed by atoms with Gasteiger partial charge < -0.3 is 10.1 Å². The largest absolute Gasteiger partial charge is 0.494 e. The first kappa shape index (κ1) is 15.4. The summed E-state index contributed by atoms with van der Waals surface area (Å²) in [4.78, 5) is 0. The van der Waals surface area contributed by atoms with Crippen molar-refractivity contribution < 1.29 is 4.74 Å². The molecule has 0 fully saturated rings. The minimum Gasteiger partial charge on any atom is -0.494 e. The Labute approximate surface area is 116 Å². The summed E-state index contributed by atoms with van der Waals surface area (Å²) in [6, 6.07) is 8.83. The zero-order valence-electron chi connectivity index (χ0n) is 11.9. The second-order valence-electron chi connectivity index (χ2n) is 4.50. The lowest BCUT2D eigenvalue weighted by atomic mass is 10.1. The van der Waals surface area contributed by atoms with Gasteiger partial charge >= 0.3 is 0 Å². The van der Waals surface area contributed by atoms with Crippen LogP contribution in [0, 0.1) is 0 Å². The summed E-state index contributed by atoms with van der Waals surface area (Å²) in [6.07, 6.45) is 0. The van der Waals surface area contributed by atoms with Crippen LogP contribution in [-0.2, 0) is 0 Å². The SMILES string of the molecule is CCNC(CSC(C)C)c1cccc(OCC)c1. The highest BCUT2D eigenvalue weighted by Gasteiger charge is 2.12. The first-order valence-electron chi connectivity index (χ1n) is 6.75. The van der Waals surface area contributed by atoms with E-state index >= 15 is 0 Å². The minimum absolute atomic E-state index is 0.405. The lowest BCUT2D eigenvalue weighted by Gasteiger charge is -2.20. The molecule has 102 valence electrons. The van der Waals surface area contributed by atoms with Gasteiger partial charge in [0.25, 0.3) is 0 Å². The zero-order chi connectivity index (χ0) is 13.4. The molecule has 0 bridgehead atoms. The zero-order valence-corrected chi connectivity index (χ0v) is 12.7. The molecule has 0 spiro atoms. The summed E-state index contributed by atoms with van der Waals surface area (Å²) < 4.78 is 5.57. The third kappa shape index (κ3) is 5.32. The van der Waals surface area contributed by atoms with Crippen LogP contribution in [0.15, 0.2) is 24.3 Å². The number of nitrogens with one attached hydrogen (secondary N) is 1. The van der Waals surface area contributed by atoms with Crippen LogP contribution in [0.25, 0.3) is 0 Å². The topological polar surface area (TPSA) is 21.3 Å². The first-order valence-corrected chi connectivity index (χ1v) is 7.80. The van der Waals surface area contributed by atoms with Crippen LogP contribution in [0.3, 0.4) is 0 Å². The molecule has 1 unspecified atom stereocenters. The summed E-state index contributed by atoms with van der Waals surface area (Å²) in [5.41, 5.74) is 1.32. The van der Waals surface area contributed by atoms with Crippen LogP contribution in [0.2, 0.25) is 0 Å². The van der Waals surface area contributed by atoms with Crippen LogP contribution in [0.5, 0.6) is 5.75 Å². The summed E-state index contributed by atoms with van der Waals surface area (Å²) in [6.45, 7) is 10.4. The lowest BCUT2D eigenvalue weighted by molar-refractivity contribution is 0.339. The van der Waals surface area contributed by atoms with Crippen molar-refractivity contribution in [3.05, 3.63) is 29.8 Å². The van der Waals surface area contributed by atoms with Gasteiger partial charge in [-0.15, -0.1) is 0 Å². The van der Waals surface area contributed by atoms with Crippen LogP contribution < -0.4 is 10.1 Å². The summed E-state index contributed by atoms with van der Waals surface area (Å²) in [7, 11) is 0. The van der Waals surface area contributed by atoms with Crippen LogP contribution in [0.4, 0.5) is 0 Å². The molecule has 3 heteroatoms. The van der Waals surface area contributed by atoms with E-state index in [1.54, 1.807) is 0 Å². The Morgan fingerprint density at radius 2 is 2.06 bits per heavy atom. The van der Waals surface area contributed by atoms with Crippen molar-refractivity contribution in [3.8, 4) is 5.75 Å². The van der Waals surface area contributed by atoms with Crippen molar-refractivity contribution >= 4 is 11.8 Å². The molecule has 0 aliphatic heterocycles. The average Bonchev–Trinajstić information content (AvgIpc) is 2.35. The van der Waals surface area contributed by atoms with Gasteiger partial charge in [-0.05, 0) is 36.4 Å². The molecule has 0 aliphatic carbocycles. The van der Waals surface area contributed by atoms with Crippen molar-refractivity contribution in [2.75, 3.05) is 18.9 Å². The van der Waals surface area contributed by atoms with Crippen molar-refractivity contribution in [1.82, 2.24) is 5.32 Å². The fourth-order valence-electron chi connectivity index (χ4n) is 1.80. The molecule has 0 amide bonds. The van der Waals surface area contributed by atoms with Crippen molar-refractivity contribution in [3.63, 3.8) is 0 Å². The number of rotatable bonds is 8. The van der Waals surface area contributed by atoms with E-state index < -0.39 is 0 Å². The number of ether oxygens (including phenoxy) is 1. The summed E-state index contributed by atoms with van der Waals surface area (Å²) in [5.74, 6) is 2.06. The molecule has 1 N–H and O–H groups in total. The third-order valence-electron chi connectivity index (χ3n) is 2.62. The molecule has 0 saturated carbocycles. The molecule has 0 heterocycles. The van der Waals surface area contributed by atoms with Gasteiger partial charge in [-0.3, -0.25) is 0 Å². The van der Waals surface area contributed by atoms with Gasteiger partial charge in [0.05, 0.1) is 6.61 Å². The molecule has 1 aromatic carbocycles. The van der Waals surface area contributed by atoms with Gasteiger partial charge in [0.2, 0.25) is 0 Å². The van der Waals surface area contributed by atoms with E-state index in [9.17, 15) is 0 Å². The Morgan fingerprint density at radius 3 is 2.67 bits per heavy atom. The van der Waals surface area contributed by atoms with Gasteiger partial charge in [0.1, 0.15) is 5.75 Å². The van der Waals surface area contributed by atoms with E-state index in [-0.39, 0.29) is 0 Å². The molecule has 0 aliphatic rings. The molecule has 18 heavy (non-hydrogen) atoms. The van der Waals surface area contributed by atoms with E-state index in [1.165, 1.54) is 5.56 Å². The van der Waals surface area contributed by atoms with E-state index in [0.29, 0.717) is 11.3 Å². The fraction of sp³-hybridized carbons (Fsp3) is 0.600. The van der Waals surface area contributed by atoms with Gasteiger partial charge in [0.15, 0.2) is 0 Å². The Hall–Kier alpha value is -0.670. The predicted octanol–water partition coefficient (Wildman–Crippen LogP) is 3.88. The maximum atomic E-state index is 5.57. The second kappa shape index (κ2) is 8.44. The number of thioether (sulfide) groups is 1. The lowest BCUT2D eigenvalue weighted by Crippen LogP contribution is -2.23. The Kier molecular flexibility index (Phi) is 7.21. The molecule has 0 radical (unpaired) electrons. The monoisotopic (exact) mass is 267 g/mol. The van der Waals surface area contributed by atoms with Gasteiger partial charge in [0, 0.05) is 11.8 Å². The highest BCUT2D eigenvalue weighted by atomic mass is 32.2. The van der Waals surface area contributed by atoms with Crippen molar-refractivity contribution in [2.45, 2.75) is 39.0 Å². The van der Waals surface area contributed by atoms with E-state index in [2.05, 4.69) is 44.3 Å². The number of benzene rings is 1. The standard InChI is InChI=1S/C15H25NOS/c1-5-16-15(11-18-12(3)4)13-8-7-9-14(10-13)17-6-2/h7-10,12,15-16H,5-6,11H2,1-4H3. The quantitative estimate of drug-likeness (QED) is 0.772. The van der Waals surface area contributed by atoms with Gasteiger partial charge in [-0.2, -0.15) is 11.8 Å². The molecule has 2 nitrogen and oxygen atoms in total. The molecule has 1 rings (SSSR count). The van der Waals surface area contributed by atoms with Crippen LogP contribution >= 0.6 is 11.8 Å². The Morgan fingerprint density at radius 1 is 1.28 bits per heavy atom. The number of hydrogen-bond donors (Lipinski definition) is 1. The summed E-state index contributed by atoms with van der Waals surface area (Å²) >= 11 is 1.99. The highest BCUT2D eigenvalue weighted by molar-refractivity contribution is 7.99. The van der Waals surface area contributed by atoms with Crippen molar-refractivity contribution in [2.24, 2.45) is 0 Å². The number of hydrogen-bond acceptors (Lipinski definition) is 3. The fourth-order valence-corrected chi connectivity index (χ4v) is 2.68. The van der Waals surface area contributed by atoms with Crippen LogP contribution in [-0.4, -0.2) is 24.2 Å². The Bertz CT molecular complexity index is 341. The molecular weight excluding hydrogens is 242 g/mol. The van der Waals surface area contributed by atoms with E-state index in [0.717, 1.165) is 24.7 Å². The van der Waals surface area contributed by atoms with Crippen LogP contribution in [0.1, 0.15) is 39.3 Å². The van der Waals surface area contributed by atoms with E-state index in [4.69, 9.17) is 4.74 Å². The Balaban J connectivity index is 2.73. The third-order valence-corrected chi connectivity index (χ3v) is 3.81. The average molecular weight is 267 g/mol. The highest BCUT2D eigenvalue weighted by Crippen LogP contribution is 2.24.